The van der Waals surface area contributed by atoms with Gasteiger partial charge in [-0.25, -0.2) is 0 Å². The second kappa shape index (κ2) is 7.65. The topological polar surface area (TPSA) is 41.5 Å². The Morgan fingerprint density at radius 2 is 1.85 bits per heavy atom. The van der Waals surface area contributed by atoms with E-state index in [9.17, 15) is 5.11 Å². The molecule has 0 amide bonds. The number of aliphatic hydroxyl groups excluding tert-OH is 1. The summed E-state index contributed by atoms with van der Waals surface area (Å²) in [5.41, 5.74) is 1.99. The Kier molecular flexibility index (Phi) is 6.50. The van der Waals surface area contributed by atoms with Crippen molar-refractivity contribution >= 4 is 0 Å². The fraction of sp³-hybridized carbons (Fsp3) is 0.647. The van der Waals surface area contributed by atoms with E-state index in [0.717, 1.165) is 23.4 Å². The molecular formula is C17H29NO2. The van der Waals surface area contributed by atoms with Gasteiger partial charge in [0.25, 0.3) is 0 Å². The van der Waals surface area contributed by atoms with Crippen molar-refractivity contribution in [3.8, 4) is 5.75 Å². The van der Waals surface area contributed by atoms with Crippen molar-refractivity contribution < 1.29 is 9.84 Å². The lowest BCUT2D eigenvalue weighted by atomic mass is 9.92. The van der Waals surface area contributed by atoms with Crippen LogP contribution in [0, 0.1) is 18.8 Å². The van der Waals surface area contributed by atoms with E-state index < -0.39 is 6.10 Å². The van der Waals surface area contributed by atoms with Gasteiger partial charge in [-0.3, -0.25) is 0 Å². The first-order valence-corrected chi connectivity index (χ1v) is 7.42. The first-order chi connectivity index (χ1) is 9.36. The van der Waals surface area contributed by atoms with E-state index in [0.29, 0.717) is 11.8 Å². The Morgan fingerprint density at radius 1 is 1.20 bits per heavy atom. The largest absolute Gasteiger partial charge is 0.496 e. The van der Waals surface area contributed by atoms with Gasteiger partial charge < -0.3 is 15.2 Å². The van der Waals surface area contributed by atoms with Crippen molar-refractivity contribution in [2.75, 3.05) is 13.7 Å². The lowest BCUT2D eigenvalue weighted by Gasteiger charge is -2.29. The van der Waals surface area contributed by atoms with Crippen LogP contribution in [0.15, 0.2) is 18.2 Å². The van der Waals surface area contributed by atoms with Crippen LogP contribution in [0.5, 0.6) is 5.75 Å². The summed E-state index contributed by atoms with van der Waals surface area (Å²) in [6, 6.07) is 5.94. The summed E-state index contributed by atoms with van der Waals surface area (Å²) in [7, 11) is 1.67. The average Bonchev–Trinajstić information content (AvgIpc) is 2.37. The Balaban J connectivity index is 2.88. The lowest BCUT2D eigenvalue weighted by Crippen LogP contribution is -2.41. The Bertz CT molecular complexity index is 415. The van der Waals surface area contributed by atoms with E-state index in [4.69, 9.17) is 4.74 Å². The molecular weight excluding hydrogens is 250 g/mol. The van der Waals surface area contributed by atoms with E-state index in [1.165, 1.54) is 0 Å². The second-order valence-corrected chi connectivity index (χ2v) is 6.25. The second-order valence-electron chi connectivity index (χ2n) is 6.25. The van der Waals surface area contributed by atoms with Gasteiger partial charge in [-0.05, 0) is 48.6 Å². The van der Waals surface area contributed by atoms with Crippen molar-refractivity contribution in [3.63, 3.8) is 0 Å². The molecule has 1 aromatic rings. The van der Waals surface area contributed by atoms with Crippen LogP contribution >= 0.6 is 0 Å². The number of aryl methyl sites for hydroxylation is 1. The van der Waals surface area contributed by atoms with Crippen LogP contribution in [0.1, 0.15) is 44.9 Å². The highest BCUT2D eigenvalue weighted by atomic mass is 16.5. The molecule has 0 aromatic heterocycles. The number of hydrogen-bond donors (Lipinski definition) is 2. The Morgan fingerprint density at radius 3 is 2.30 bits per heavy atom. The molecule has 0 saturated heterocycles. The molecule has 20 heavy (non-hydrogen) atoms. The van der Waals surface area contributed by atoms with Gasteiger partial charge in [0.1, 0.15) is 5.75 Å². The molecule has 0 bridgehead atoms. The molecule has 0 fully saturated rings. The molecule has 2 atom stereocenters. The van der Waals surface area contributed by atoms with Gasteiger partial charge in [-0.2, -0.15) is 0 Å². The summed E-state index contributed by atoms with van der Waals surface area (Å²) in [6.07, 6.45) is -0.502. The molecule has 0 spiro atoms. The molecule has 114 valence electrons. The molecule has 0 radical (unpaired) electrons. The van der Waals surface area contributed by atoms with Gasteiger partial charge in [-0.1, -0.05) is 33.8 Å². The average molecular weight is 279 g/mol. The minimum Gasteiger partial charge on any atom is -0.496 e. The molecule has 2 unspecified atom stereocenters. The lowest BCUT2D eigenvalue weighted by molar-refractivity contribution is 0.103. The summed E-state index contributed by atoms with van der Waals surface area (Å²) in [5, 5.41) is 14.1. The Labute approximate surface area is 123 Å². The Hall–Kier alpha value is -1.06. The highest BCUT2D eigenvalue weighted by molar-refractivity contribution is 5.37. The third-order valence-corrected chi connectivity index (χ3v) is 3.58. The first kappa shape index (κ1) is 17.0. The number of benzene rings is 1. The minimum atomic E-state index is -0.502. The number of rotatable bonds is 7. The molecule has 0 aliphatic carbocycles. The van der Waals surface area contributed by atoms with Crippen molar-refractivity contribution in [2.24, 2.45) is 11.8 Å². The van der Waals surface area contributed by atoms with Crippen LogP contribution < -0.4 is 10.1 Å². The summed E-state index contributed by atoms with van der Waals surface area (Å²) in [6.45, 7) is 11.5. The summed E-state index contributed by atoms with van der Waals surface area (Å²) < 4.78 is 5.27. The SMILES string of the molecule is COc1ccc(C(O)C(NCC(C)C)C(C)C)cc1C. The van der Waals surface area contributed by atoms with Crippen molar-refractivity contribution in [1.82, 2.24) is 5.32 Å². The zero-order valence-electron chi connectivity index (χ0n) is 13.6. The highest BCUT2D eigenvalue weighted by Crippen LogP contribution is 2.26. The molecule has 3 heteroatoms. The molecule has 0 saturated carbocycles. The number of hydrogen-bond acceptors (Lipinski definition) is 3. The summed E-state index contributed by atoms with van der Waals surface area (Å²) >= 11 is 0. The van der Waals surface area contributed by atoms with Crippen LogP contribution in [0.3, 0.4) is 0 Å². The van der Waals surface area contributed by atoms with Crippen LogP contribution in [-0.2, 0) is 0 Å². The number of methoxy groups -OCH3 is 1. The monoisotopic (exact) mass is 279 g/mol. The zero-order valence-corrected chi connectivity index (χ0v) is 13.6. The minimum absolute atomic E-state index is 0.0604. The quantitative estimate of drug-likeness (QED) is 0.804. The zero-order chi connectivity index (χ0) is 15.3. The molecule has 0 heterocycles. The van der Waals surface area contributed by atoms with Gasteiger partial charge in [0.05, 0.1) is 13.2 Å². The van der Waals surface area contributed by atoms with E-state index in [1.807, 2.05) is 25.1 Å². The van der Waals surface area contributed by atoms with E-state index >= 15 is 0 Å². The van der Waals surface area contributed by atoms with E-state index in [1.54, 1.807) is 7.11 Å². The molecule has 0 aliphatic heterocycles. The van der Waals surface area contributed by atoms with Crippen molar-refractivity contribution in [2.45, 2.75) is 46.8 Å². The van der Waals surface area contributed by atoms with E-state index in [-0.39, 0.29) is 6.04 Å². The van der Waals surface area contributed by atoms with Crippen LogP contribution in [0.4, 0.5) is 0 Å². The van der Waals surface area contributed by atoms with Crippen LogP contribution in [0.25, 0.3) is 0 Å². The van der Waals surface area contributed by atoms with Crippen LogP contribution in [-0.4, -0.2) is 24.8 Å². The number of nitrogens with one attached hydrogen (secondary N) is 1. The standard InChI is InChI=1S/C17H29NO2/c1-11(2)10-18-16(12(3)4)17(19)14-7-8-15(20-6)13(5)9-14/h7-9,11-12,16-19H,10H2,1-6H3. The highest BCUT2D eigenvalue weighted by Gasteiger charge is 2.24. The fourth-order valence-corrected chi connectivity index (χ4v) is 2.38. The number of ether oxygens (including phenoxy) is 1. The van der Waals surface area contributed by atoms with Gasteiger partial charge in [0, 0.05) is 6.04 Å². The van der Waals surface area contributed by atoms with Gasteiger partial charge >= 0.3 is 0 Å². The molecule has 1 aromatic carbocycles. The van der Waals surface area contributed by atoms with Crippen LogP contribution in [0.2, 0.25) is 0 Å². The third kappa shape index (κ3) is 4.50. The first-order valence-electron chi connectivity index (χ1n) is 7.42. The number of aliphatic hydroxyl groups is 1. The van der Waals surface area contributed by atoms with Crippen molar-refractivity contribution in [1.29, 1.82) is 0 Å². The predicted octanol–water partition coefficient (Wildman–Crippen LogP) is 3.31. The maximum atomic E-state index is 10.6. The third-order valence-electron chi connectivity index (χ3n) is 3.58. The van der Waals surface area contributed by atoms with E-state index in [2.05, 4.69) is 33.0 Å². The smallest absolute Gasteiger partial charge is 0.121 e. The molecule has 2 N–H and O–H groups in total. The molecule has 3 nitrogen and oxygen atoms in total. The predicted molar refractivity (Wildman–Crippen MR) is 84.2 cm³/mol. The maximum Gasteiger partial charge on any atom is 0.121 e. The summed E-state index contributed by atoms with van der Waals surface area (Å²) in [5.74, 6) is 1.80. The van der Waals surface area contributed by atoms with Gasteiger partial charge in [0.2, 0.25) is 0 Å². The van der Waals surface area contributed by atoms with Crippen molar-refractivity contribution in [3.05, 3.63) is 29.3 Å². The maximum absolute atomic E-state index is 10.6. The van der Waals surface area contributed by atoms with Gasteiger partial charge in [0.15, 0.2) is 0 Å². The fourth-order valence-electron chi connectivity index (χ4n) is 2.38. The molecule has 0 aliphatic rings. The molecule has 1 rings (SSSR count). The summed E-state index contributed by atoms with van der Waals surface area (Å²) in [4.78, 5) is 0. The normalized spacial score (nSPS) is 14.7. The van der Waals surface area contributed by atoms with Gasteiger partial charge in [-0.15, -0.1) is 0 Å².